The Hall–Kier alpha value is -2.79. The zero-order valence-corrected chi connectivity index (χ0v) is 11.0. The Morgan fingerprint density at radius 3 is 2.70 bits per heavy atom. The van der Waals surface area contributed by atoms with Crippen LogP contribution in [0.15, 0.2) is 66.9 Å². The highest BCUT2D eigenvalue weighted by atomic mass is 14.9. The van der Waals surface area contributed by atoms with Gasteiger partial charge in [0.05, 0.1) is 11.6 Å². The Morgan fingerprint density at radius 1 is 1.05 bits per heavy atom. The lowest BCUT2D eigenvalue weighted by molar-refractivity contribution is 0.866. The van der Waals surface area contributed by atoms with Gasteiger partial charge in [0.1, 0.15) is 0 Å². The van der Waals surface area contributed by atoms with Crippen LogP contribution in [0.3, 0.4) is 0 Å². The van der Waals surface area contributed by atoms with Gasteiger partial charge in [0.15, 0.2) is 0 Å². The molecule has 0 atom stereocenters. The third-order valence-electron chi connectivity index (χ3n) is 3.31. The first-order valence-electron chi connectivity index (χ1n) is 6.57. The van der Waals surface area contributed by atoms with Crippen molar-refractivity contribution in [2.24, 2.45) is 0 Å². The van der Waals surface area contributed by atoms with E-state index in [1.807, 2.05) is 36.4 Å². The summed E-state index contributed by atoms with van der Waals surface area (Å²) in [5.41, 5.74) is 2.99. The Bertz CT molecular complexity index is 789. The molecular formula is C18H14N2. The number of hydrogen-bond donors (Lipinski definition) is 0. The van der Waals surface area contributed by atoms with Gasteiger partial charge in [-0.1, -0.05) is 48.6 Å². The molecule has 96 valence electrons. The SMILES string of the molecule is N#Cc1ccc2ccn(C/C=C/c3ccccc3)c2c1. The molecule has 0 aliphatic heterocycles. The first-order valence-corrected chi connectivity index (χ1v) is 6.57. The van der Waals surface area contributed by atoms with Gasteiger partial charge in [0, 0.05) is 18.3 Å². The molecule has 3 aromatic rings. The van der Waals surface area contributed by atoms with Crippen LogP contribution in [0.2, 0.25) is 0 Å². The molecule has 20 heavy (non-hydrogen) atoms. The number of nitrogens with zero attached hydrogens (tertiary/aromatic N) is 2. The van der Waals surface area contributed by atoms with E-state index in [9.17, 15) is 0 Å². The van der Waals surface area contributed by atoms with Gasteiger partial charge >= 0.3 is 0 Å². The number of allylic oxidation sites excluding steroid dienone is 1. The largest absolute Gasteiger partial charge is 0.344 e. The van der Waals surface area contributed by atoms with Gasteiger partial charge in [-0.15, -0.1) is 0 Å². The first kappa shape index (κ1) is 12.3. The van der Waals surface area contributed by atoms with E-state index in [4.69, 9.17) is 5.26 Å². The maximum absolute atomic E-state index is 8.98. The highest BCUT2D eigenvalue weighted by molar-refractivity contribution is 5.81. The fraction of sp³-hybridized carbons (Fsp3) is 0.0556. The standard InChI is InChI=1S/C18H14N2/c19-14-16-8-9-17-10-12-20(18(17)13-16)11-4-7-15-5-2-1-3-6-15/h1-10,12-13H,11H2/b7-4+. The van der Waals surface area contributed by atoms with Crippen LogP contribution in [0.4, 0.5) is 0 Å². The lowest BCUT2D eigenvalue weighted by Crippen LogP contribution is -1.92. The summed E-state index contributed by atoms with van der Waals surface area (Å²) in [5, 5.41) is 10.1. The van der Waals surface area contributed by atoms with Crippen molar-refractivity contribution in [2.45, 2.75) is 6.54 Å². The van der Waals surface area contributed by atoms with E-state index in [0.29, 0.717) is 5.56 Å². The molecule has 0 aliphatic rings. The van der Waals surface area contributed by atoms with E-state index in [1.165, 1.54) is 5.56 Å². The fourth-order valence-corrected chi connectivity index (χ4v) is 2.28. The predicted octanol–water partition coefficient (Wildman–Crippen LogP) is 4.23. The minimum atomic E-state index is 0.699. The van der Waals surface area contributed by atoms with Crippen LogP contribution in [-0.4, -0.2) is 4.57 Å². The average molecular weight is 258 g/mol. The van der Waals surface area contributed by atoms with E-state index in [-0.39, 0.29) is 0 Å². The van der Waals surface area contributed by atoms with Gasteiger partial charge in [-0.05, 0) is 29.1 Å². The van der Waals surface area contributed by atoms with E-state index in [2.05, 4.69) is 47.2 Å². The molecule has 3 rings (SSSR count). The minimum Gasteiger partial charge on any atom is -0.344 e. The van der Waals surface area contributed by atoms with Gasteiger partial charge in [0.2, 0.25) is 0 Å². The van der Waals surface area contributed by atoms with Gasteiger partial charge in [0.25, 0.3) is 0 Å². The second kappa shape index (κ2) is 5.46. The van der Waals surface area contributed by atoms with Crippen LogP contribution >= 0.6 is 0 Å². The van der Waals surface area contributed by atoms with Gasteiger partial charge in [-0.25, -0.2) is 0 Å². The summed E-state index contributed by atoms with van der Waals surface area (Å²) in [5.74, 6) is 0. The topological polar surface area (TPSA) is 28.7 Å². The maximum atomic E-state index is 8.98. The number of aromatic nitrogens is 1. The van der Waals surface area contributed by atoms with E-state index < -0.39 is 0 Å². The van der Waals surface area contributed by atoms with Crippen molar-refractivity contribution in [3.63, 3.8) is 0 Å². The second-order valence-electron chi connectivity index (χ2n) is 4.67. The zero-order valence-electron chi connectivity index (χ0n) is 11.0. The third-order valence-corrected chi connectivity index (χ3v) is 3.31. The van der Waals surface area contributed by atoms with E-state index in [1.54, 1.807) is 0 Å². The van der Waals surface area contributed by atoms with Crippen molar-refractivity contribution in [1.82, 2.24) is 4.57 Å². The summed E-state index contributed by atoms with van der Waals surface area (Å²) >= 11 is 0. The molecule has 0 amide bonds. The summed E-state index contributed by atoms with van der Waals surface area (Å²) in [6.45, 7) is 0.799. The average Bonchev–Trinajstić information content (AvgIpc) is 2.91. The first-order chi connectivity index (χ1) is 9.86. The molecule has 0 N–H and O–H groups in total. The lowest BCUT2D eigenvalue weighted by atomic mass is 10.2. The Morgan fingerprint density at radius 2 is 1.90 bits per heavy atom. The Balaban J connectivity index is 1.84. The molecule has 0 spiro atoms. The highest BCUT2D eigenvalue weighted by Crippen LogP contribution is 2.17. The molecule has 1 heterocycles. The Kier molecular flexibility index (Phi) is 3.34. The van der Waals surface area contributed by atoms with Crippen molar-refractivity contribution in [3.8, 4) is 6.07 Å². The Labute approximate surface area is 118 Å². The number of benzene rings is 2. The maximum Gasteiger partial charge on any atom is 0.0992 e. The molecule has 0 radical (unpaired) electrons. The van der Waals surface area contributed by atoms with E-state index in [0.717, 1.165) is 17.4 Å². The fourth-order valence-electron chi connectivity index (χ4n) is 2.28. The molecular weight excluding hydrogens is 244 g/mol. The smallest absolute Gasteiger partial charge is 0.0992 e. The third kappa shape index (κ3) is 2.48. The molecule has 1 aromatic heterocycles. The quantitative estimate of drug-likeness (QED) is 0.691. The van der Waals surface area contributed by atoms with Crippen molar-refractivity contribution < 1.29 is 0 Å². The highest BCUT2D eigenvalue weighted by Gasteiger charge is 2.00. The number of hydrogen-bond acceptors (Lipinski definition) is 1. The van der Waals surface area contributed by atoms with Gasteiger partial charge < -0.3 is 4.57 Å². The number of nitriles is 1. The molecule has 0 saturated carbocycles. The van der Waals surface area contributed by atoms with Crippen molar-refractivity contribution in [1.29, 1.82) is 5.26 Å². The molecule has 0 saturated heterocycles. The summed E-state index contributed by atoms with van der Waals surface area (Å²) in [6.07, 6.45) is 6.30. The van der Waals surface area contributed by atoms with Crippen LogP contribution in [0, 0.1) is 11.3 Å². The summed E-state index contributed by atoms with van der Waals surface area (Å²) in [7, 11) is 0. The van der Waals surface area contributed by atoms with Crippen molar-refractivity contribution in [3.05, 3.63) is 78.0 Å². The van der Waals surface area contributed by atoms with Crippen LogP contribution < -0.4 is 0 Å². The molecule has 0 aliphatic carbocycles. The number of fused-ring (bicyclic) bond motifs is 1. The monoisotopic (exact) mass is 258 g/mol. The zero-order chi connectivity index (χ0) is 13.8. The van der Waals surface area contributed by atoms with Crippen LogP contribution in [0.25, 0.3) is 17.0 Å². The second-order valence-corrected chi connectivity index (χ2v) is 4.67. The van der Waals surface area contributed by atoms with Crippen LogP contribution in [0.1, 0.15) is 11.1 Å². The van der Waals surface area contributed by atoms with Gasteiger partial charge in [-0.2, -0.15) is 5.26 Å². The van der Waals surface area contributed by atoms with E-state index >= 15 is 0 Å². The summed E-state index contributed by atoms with van der Waals surface area (Å²) < 4.78 is 2.15. The normalized spacial score (nSPS) is 10.9. The minimum absolute atomic E-state index is 0.699. The number of rotatable bonds is 3. The predicted molar refractivity (Wildman–Crippen MR) is 82.1 cm³/mol. The summed E-state index contributed by atoms with van der Waals surface area (Å²) in [4.78, 5) is 0. The van der Waals surface area contributed by atoms with Gasteiger partial charge in [-0.3, -0.25) is 0 Å². The van der Waals surface area contributed by atoms with Crippen LogP contribution in [0.5, 0.6) is 0 Å². The molecule has 0 unspecified atom stereocenters. The molecule has 2 nitrogen and oxygen atoms in total. The van der Waals surface area contributed by atoms with Crippen molar-refractivity contribution >= 4 is 17.0 Å². The molecule has 0 bridgehead atoms. The molecule has 2 aromatic carbocycles. The van der Waals surface area contributed by atoms with Crippen molar-refractivity contribution in [2.75, 3.05) is 0 Å². The summed E-state index contributed by atoms with van der Waals surface area (Å²) in [6, 6.07) is 20.3. The molecule has 0 fully saturated rings. The lowest BCUT2D eigenvalue weighted by Gasteiger charge is -2.01. The molecule has 2 heteroatoms. The van der Waals surface area contributed by atoms with Crippen LogP contribution in [-0.2, 0) is 6.54 Å².